The fraction of sp³-hybridized carbons (Fsp3) is 0.556. The van der Waals surface area contributed by atoms with Gasteiger partial charge in [-0.15, -0.1) is 0 Å². The molecule has 3 rings (SSSR count). The maximum Gasteiger partial charge on any atom is 0.389 e. The summed E-state index contributed by atoms with van der Waals surface area (Å²) in [7, 11) is 0. The second-order valence-corrected chi connectivity index (χ2v) is 6.45. The van der Waals surface area contributed by atoms with Crippen LogP contribution in [0.4, 0.5) is 13.2 Å². The Kier molecular flexibility index (Phi) is 4.57. The molecule has 2 unspecified atom stereocenters. The van der Waals surface area contributed by atoms with Crippen molar-refractivity contribution in [2.45, 2.75) is 63.3 Å². The normalized spacial score (nSPS) is 25.3. The predicted octanol–water partition coefficient (Wildman–Crippen LogP) is 5.08. The van der Waals surface area contributed by atoms with Gasteiger partial charge in [0, 0.05) is 25.0 Å². The summed E-state index contributed by atoms with van der Waals surface area (Å²) in [5.74, 6) is 0. The molecule has 0 radical (unpaired) electrons. The molecule has 2 aliphatic heterocycles. The van der Waals surface area contributed by atoms with Gasteiger partial charge in [0.05, 0.1) is 0 Å². The highest BCUT2D eigenvalue weighted by atomic mass is 19.4. The first kappa shape index (κ1) is 15.6. The van der Waals surface area contributed by atoms with E-state index in [0.29, 0.717) is 18.5 Å². The van der Waals surface area contributed by atoms with E-state index < -0.39 is 12.6 Å². The lowest BCUT2D eigenvalue weighted by atomic mass is 9.96. The molecule has 22 heavy (non-hydrogen) atoms. The highest BCUT2D eigenvalue weighted by Crippen LogP contribution is 2.37. The number of hydrogen-bond acceptors (Lipinski definition) is 1. The van der Waals surface area contributed by atoms with Gasteiger partial charge in [0.25, 0.3) is 0 Å². The van der Waals surface area contributed by atoms with Gasteiger partial charge in [0.15, 0.2) is 0 Å². The van der Waals surface area contributed by atoms with E-state index in [1.807, 2.05) is 6.07 Å². The molecule has 0 aliphatic carbocycles. The lowest BCUT2D eigenvalue weighted by molar-refractivity contribution is -0.135. The molecule has 1 fully saturated rings. The Bertz CT molecular complexity index is 521. The number of alkyl halides is 3. The van der Waals surface area contributed by atoms with Crippen LogP contribution in [0.3, 0.4) is 0 Å². The SMILES string of the molecule is FC(F)(F)CCCC1=CC2CCC(C1)N2Cc1ccccc1. The van der Waals surface area contributed by atoms with Gasteiger partial charge in [-0.2, -0.15) is 13.2 Å². The van der Waals surface area contributed by atoms with Crippen LogP contribution in [0.5, 0.6) is 0 Å². The van der Waals surface area contributed by atoms with Crippen molar-refractivity contribution >= 4 is 0 Å². The average Bonchev–Trinajstić information content (AvgIpc) is 2.70. The van der Waals surface area contributed by atoms with E-state index in [1.54, 1.807) is 0 Å². The van der Waals surface area contributed by atoms with Gasteiger partial charge in [-0.25, -0.2) is 0 Å². The minimum absolute atomic E-state index is 0.230. The zero-order chi connectivity index (χ0) is 15.6. The van der Waals surface area contributed by atoms with E-state index in [0.717, 1.165) is 25.8 Å². The van der Waals surface area contributed by atoms with Crippen molar-refractivity contribution in [3.05, 3.63) is 47.5 Å². The first-order valence-corrected chi connectivity index (χ1v) is 8.07. The maximum atomic E-state index is 12.3. The lowest BCUT2D eigenvalue weighted by Gasteiger charge is -2.34. The molecule has 1 aromatic rings. The predicted molar refractivity (Wildman–Crippen MR) is 81.4 cm³/mol. The molecular formula is C18H22F3N. The van der Waals surface area contributed by atoms with Crippen molar-refractivity contribution in [3.8, 4) is 0 Å². The first-order chi connectivity index (χ1) is 10.5. The van der Waals surface area contributed by atoms with Crippen molar-refractivity contribution < 1.29 is 13.2 Å². The van der Waals surface area contributed by atoms with Crippen LogP contribution >= 0.6 is 0 Å². The third kappa shape index (κ3) is 3.92. The molecular weight excluding hydrogens is 287 g/mol. The van der Waals surface area contributed by atoms with Gasteiger partial charge in [-0.3, -0.25) is 4.90 Å². The zero-order valence-electron chi connectivity index (χ0n) is 12.6. The highest BCUT2D eigenvalue weighted by molar-refractivity contribution is 5.21. The molecule has 0 N–H and O–H groups in total. The molecule has 2 atom stereocenters. The van der Waals surface area contributed by atoms with Crippen molar-refractivity contribution in [2.75, 3.05) is 0 Å². The van der Waals surface area contributed by atoms with E-state index in [-0.39, 0.29) is 6.42 Å². The van der Waals surface area contributed by atoms with Gasteiger partial charge in [-0.1, -0.05) is 42.0 Å². The van der Waals surface area contributed by atoms with E-state index in [1.165, 1.54) is 11.1 Å². The molecule has 2 heterocycles. The Hall–Kier alpha value is -1.29. The fourth-order valence-corrected chi connectivity index (χ4v) is 3.75. The molecule has 2 bridgehead atoms. The summed E-state index contributed by atoms with van der Waals surface area (Å²) in [6.07, 6.45) is 1.64. The minimum atomic E-state index is -4.02. The topological polar surface area (TPSA) is 3.24 Å². The fourth-order valence-electron chi connectivity index (χ4n) is 3.75. The summed E-state index contributed by atoms with van der Waals surface area (Å²) in [6, 6.07) is 11.3. The third-order valence-electron chi connectivity index (χ3n) is 4.78. The first-order valence-electron chi connectivity index (χ1n) is 8.07. The molecule has 1 saturated heterocycles. The Morgan fingerprint density at radius 1 is 1.09 bits per heavy atom. The van der Waals surface area contributed by atoms with Crippen LogP contribution in [0.15, 0.2) is 42.0 Å². The highest BCUT2D eigenvalue weighted by Gasteiger charge is 2.36. The number of halogens is 3. The van der Waals surface area contributed by atoms with Gasteiger partial charge in [0.2, 0.25) is 0 Å². The monoisotopic (exact) mass is 309 g/mol. The smallest absolute Gasteiger partial charge is 0.289 e. The van der Waals surface area contributed by atoms with Crippen LogP contribution in [0.2, 0.25) is 0 Å². The number of nitrogens with zero attached hydrogens (tertiary/aromatic N) is 1. The molecule has 0 amide bonds. The Morgan fingerprint density at radius 3 is 2.55 bits per heavy atom. The van der Waals surface area contributed by atoms with Gasteiger partial charge in [-0.05, 0) is 37.7 Å². The second kappa shape index (κ2) is 6.45. The Labute approximate surface area is 129 Å². The zero-order valence-corrected chi connectivity index (χ0v) is 12.6. The number of hydrogen-bond donors (Lipinski definition) is 0. The van der Waals surface area contributed by atoms with Gasteiger partial charge >= 0.3 is 6.18 Å². The van der Waals surface area contributed by atoms with Crippen LogP contribution in [0, 0.1) is 0 Å². The summed E-state index contributed by atoms with van der Waals surface area (Å²) in [5, 5.41) is 0. The number of fused-ring (bicyclic) bond motifs is 2. The number of rotatable bonds is 5. The molecule has 1 aromatic carbocycles. The van der Waals surface area contributed by atoms with Crippen LogP contribution < -0.4 is 0 Å². The van der Waals surface area contributed by atoms with E-state index in [9.17, 15) is 13.2 Å². The Morgan fingerprint density at radius 2 is 1.86 bits per heavy atom. The van der Waals surface area contributed by atoms with Crippen LogP contribution in [-0.4, -0.2) is 23.2 Å². The lowest BCUT2D eigenvalue weighted by Crippen LogP contribution is -2.38. The third-order valence-corrected chi connectivity index (χ3v) is 4.78. The number of benzene rings is 1. The standard InChI is InChI=1S/C18H22F3N/c19-18(20,21)10-4-7-15-11-16-8-9-17(12-15)22(16)13-14-5-2-1-3-6-14/h1-3,5-6,11,16-17H,4,7-10,12-13H2. The van der Waals surface area contributed by atoms with Crippen molar-refractivity contribution in [1.29, 1.82) is 0 Å². The molecule has 0 aromatic heterocycles. The molecule has 0 saturated carbocycles. The summed E-state index contributed by atoms with van der Waals surface area (Å²) < 4.78 is 36.8. The van der Waals surface area contributed by atoms with E-state index in [4.69, 9.17) is 0 Å². The Balaban J connectivity index is 1.58. The second-order valence-electron chi connectivity index (χ2n) is 6.45. The van der Waals surface area contributed by atoms with Crippen molar-refractivity contribution in [2.24, 2.45) is 0 Å². The molecule has 120 valence electrons. The molecule has 4 heteroatoms. The van der Waals surface area contributed by atoms with Crippen LogP contribution in [-0.2, 0) is 6.54 Å². The summed E-state index contributed by atoms with van der Waals surface area (Å²) in [6.45, 7) is 0.947. The summed E-state index contributed by atoms with van der Waals surface area (Å²) in [5.41, 5.74) is 2.55. The quantitative estimate of drug-likeness (QED) is 0.685. The van der Waals surface area contributed by atoms with Crippen molar-refractivity contribution in [1.82, 2.24) is 4.90 Å². The minimum Gasteiger partial charge on any atom is -0.289 e. The summed E-state index contributed by atoms with van der Waals surface area (Å²) in [4.78, 5) is 2.52. The molecule has 2 aliphatic rings. The molecule has 1 nitrogen and oxygen atoms in total. The van der Waals surface area contributed by atoms with Gasteiger partial charge < -0.3 is 0 Å². The van der Waals surface area contributed by atoms with Gasteiger partial charge in [0.1, 0.15) is 0 Å². The average molecular weight is 309 g/mol. The maximum absolute atomic E-state index is 12.3. The van der Waals surface area contributed by atoms with Crippen molar-refractivity contribution in [3.63, 3.8) is 0 Å². The van der Waals surface area contributed by atoms with E-state index in [2.05, 4.69) is 35.2 Å². The van der Waals surface area contributed by atoms with Crippen LogP contribution in [0.25, 0.3) is 0 Å². The summed E-state index contributed by atoms with van der Waals surface area (Å²) >= 11 is 0. The molecule has 0 spiro atoms. The largest absolute Gasteiger partial charge is 0.389 e. The van der Waals surface area contributed by atoms with Crippen LogP contribution in [0.1, 0.15) is 44.1 Å². The van der Waals surface area contributed by atoms with E-state index >= 15 is 0 Å².